The van der Waals surface area contributed by atoms with Crippen LogP contribution in [0.15, 0.2) is 0 Å². The molecule has 0 bridgehead atoms. The minimum atomic E-state index is -1.38. The maximum absolute atomic E-state index is 10.6. The van der Waals surface area contributed by atoms with Crippen LogP contribution in [0.3, 0.4) is 0 Å². The van der Waals surface area contributed by atoms with Gasteiger partial charge in [0.25, 0.3) is 0 Å². The smallest absolute Gasteiger partial charge is 0.530 e. The van der Waals surface area contributed by atoms with E-state index in [2.05, 4.69) is 0 Å². The summed E-state index contributed by atoms with van der Waals surface area (Å²) < 4.78 is 0. The molecule has 0 aliphatic carbocycles. The Balaban J connectivity index is 0.000000324. The maximum Gasteiger partial charge on any atom is 1.00 e. The van der Waals surface area contributed by atoms with E-state index < -0.39 is 12.2 Å². The maximum atomic E-state index is 10.6. The van der Waals surface area contributed by atoms with E-state index in [9.17, 15) is 24.3 Å². The third-order valence-electron chi connectivity index (χ3n) is 2.60. The van der Waals surface area contributed by atoms with Crippen molar-refractivity contribution in [1.82, 2.24) is 9.80 Å². The van der Waals surface area contributed by atoms with Crippen molar-refractivity contribution in [3.05, 3.63) is 0 Å². The Kier molecular flexibility index (Phi) is 7.65. The number of rotatable bonds is 0. The number of hydrogen-bond acceptors (Lipinski definition) is 5. The second kappa shape index (κ2) is 8.13. The molecule has 2 rings (SSSR count). The number of imide groups is 2. The molecule has 0 aromatic carbocycles. The predicted octanol–water partition coefficient (Wildman–Crippen LogP) is -3.76. The number of likely N-dealkylation sites (tertiary alicyclic amines) is 2. The van der Waals surface area contributed by atoms with Gasteiger partial charge in [-0.2, -0.15) is 0 Å². The summed E-state index contributed by atoms with van der Waals surface area (Å²) in [6, 6.07) is 0. The number of nitrogens with zero attached hydrogens (tertiary/aromatic N) is 2. The molecule has 19 heavy (non-hydrogen) atoms. The first-order valence-corrected chi connectivity index (χ1v) is 5.48. The van der Waals surface area contributed by atoms with Crippen LogP contribution >= 0.6 is 0 Å². The van der Waals surface area contributed by atoms with Gasteiger partial charge in [0.2, 0.25) is 11.8 Å². The average Bonchev–Trinajstić information content (AvgIpc) is 2.87. The van der Waals surface area contributed by atoms with E-state index in [0.717, 1.165) is 9.80 Å². The largest absolute Gasteiger partial charge is 1.00 e. The van der Waals surface area contributed by atoms with Crippen LogP contribution in [-0.2, 0) is 9.59 Å². The molecule has 2 heterocycles. The minimum absolute atomic E-state index is 0. The zero-order valence-corrected chi connectivity index (χ0v) is 12.6. The minimum Gasteiger partial charge on any atom is -0.530 e. The van der Waals surface area contributed by atoms with Crippen LogP contribution in [0, 0.1) is 0 Å². The molecule has 9 heteroatoms. The summed E-state index contributed by atoms with van der Waals surface area (Å²) in [4.78, 5) is 42.8. The Morgan fingerprint density at radius 3 is 1.58 bits per heavy atom. The Bertz CT molecular complexity index is 350. The van der Waals surface area contributed by atoms with E-state index in [1.165, 1.54) is 0 Å². The van der Waals surface area contributed by atoms with Crippen molar-refractivity contribution in [2.75, 3.05) is 13.1 Å². The summed E-state index contributed by atoms with van der Waals surface area (Å²) >= 11 is 0. The second-order valence-electron chi connectivity index (χ2n) is 3.85. The first-order valence-electron chi connectivity index (χ1n) is 5.48. The molecule has 0 radical (unpaired) electrons. The van der Waals surface area contributed by atoms with Crippen molar-refractivity contribution in [3.8, 4) is 0 Å². The molecule has 100 valence electrons. The molecule has 0 atom stereocenters. The van der Waals surface area contributed by atoms with Gasteiger partial charge in [-0.05, 0) is 12.8 Å². The van der Waals surface area contributed by atoms with Crippen molar-refractivity contribution < 1.29 is 58.9 Å². The fraction of sp³-hybridized carbons (Fsp3) is 0.600. The molecular weight excluding hydrogens is 267 g/mol. The van der Waals surface area contributed by atoms with Crippen LogP contribution in [0.5, 0.6) is 0 Å². The van der Waals surface area contributed by atoms with Crippen molar-refractivity contribution in [1.29, 1.82) is 0 Å². The molecule has 0 aromatic heterocycles. The molecular formula is C10H13N2NaO6. The van der Waals surface area contributed by atoms with Crippen molar-refractivity contribution in [3.63, 3.8) is 0 Å². The normalized spacial score (nSPS) is 17.7. The van der Waals surface area contributed by atoms with Gasteiger partial charge < -0.3 is 15.0 Å². The number of carbonyl (C=O) groups excluding carboxylic acids is 3. The molecule has 4 amide bonds. The van der Waals surface area contributed by atoms with Crippen LogP contribution < -0.4 is 34.7 Å². The zero-order valence-electron chi connectivity index (χ0n) is 10.6. The fourth-order valence-electron chi connectivity index (χ4n) is 1.69. The van der Waals surface area contributed by atoms with Crippen LogP contribution in [0.4, 0.5) is 9.59 Å². The Morgan fingerprint density at radius 2 is 1.42 bits per heavy atom. The molecule has 0 unspecified atom stereocenters. The van der Waals surface area contributed by atoms with Crippen LogP contribution in [0.25, 0.3) is 0 Å². The summed E-state index contributed by atoms with van der Waals surface area (Å²) in [5.41, 5.74) is 0. The van der Waals surface area contributed by atoms with Crippen molar-refractivity contribution in [2.24, 2.45) is 0 Å². The van der Waals surface area contributed by atoms with E-state index in [4.69, 9.17) is 5.11 Å². The standard InChI is InChI=1S/2C5H7NO3.Na/c2*7-4-2-1-3-6(4)5(8)9;/h2*1-3H2,(H,8,9);/q;;+1/p-1. The van der Waals surface area contributed by atoms with Crippen LogP contribution in [-0.4, -0.2) is 52.0 Å². The number of amides is 4. The molecule has 2 fully saturated rings. The van der Waals surface area contributed by atoms with E-state index >= 15 is 0 Å². The molecule has 2 saturated heterocycles. The van der Waals surface area contributed by atoms with Gasteiger partial charge in [0.1, 0.15) is 6.09 Å². The average molecular weight is 280 g/mol. The van der Waals surface area contributed by atoms with Crippen molar-refractivity contribution >= 4 is 24.0 Å². The van der Waals surface area contributed by atoms with Gasteiger partial charge >= 0.3 is 35.7 Å². The summed E-state index contributed by atoms with van der Waals surface area (Å²) in [6.07, 6.45) is -0.479. The number of carboxylic acid groups (broad SMARTS) is 2. The van der Waals surface area contributed by atoms with Gasteiger partial charge in [0.05, 0.1) is 0 Å². The molecule has 0 aromatic rings. The first-order chi connectivity index (χ1) is 8.43. The first kappa shape index (κ1) is 17.9. The summed E-state index contributed by atoms with van der Waals surface area (Å²) in [7, 11) is 0. The van der Waals surface area contributed by atoms with Gasteiger partial charge in [-0.3, -0.25) is 14.5 Å². The van der Waals surface area contributed by atoms with Gasteiger partial charge in [0, 0.05) is 25.9 Å². The van der Waals surface area contributed by atoms with E-state index in [-0.39, 0.29) is 41.4 Å². The Hall–Kier alpha value is -1.12. The van der Waals surface area contributed by atoms with Crippen molar-refractivity contribution in [2.45, 2.75) is 25.7 Å². The third kappa shape index (κ3) is 5.17. The summed E-state index contributed by atoms with van der Waals surface area (Å²) in [5.74, 6) is -0.613. The van der Waals surface area contributed by atoms with Gasteiger partial charge in [-0.1, -0.05) is 0 Å². The topological polar surface area (TPSA) is 118 Å². The predicted molar refractivity (Wildman–Crippen MR) is 55.3 cm³/mol. The molecule has 0 spiro atoms. The van der Waals surface area contributed by atoms with Crippen LogP contribution in [0.1, 0.15) is 25.7 Å². The second-order valence-corrected chi connectivity index (χ2v) is 3.85. The molecule has 8 nitrogen and oxygen atoms in total. The molecule has 2 aliphatic heterocycles. The number of hydrogen-bond donors (Lipinski definition) is 1. The SMILES string of the molecule is O=C(O)N1CCCC1=O.O=C([O-])N1CCCC1=O.[Na+]. The molecule has 1 N–H and O–H groups in total. The molecule has 2 aliphatic rings. The van der Waals surface area contributed by atoms with Gasteiger partial charge in [-0.25, -0.2) is 9.69 Å². The monoisotopic (exact) mass is 280 g/mol. The van der Waals surface area contributed by atoms with Gasteiger partial charge in [-0.15, -0.1) is 0 Å². The van der Waals surface area contributed by atoms with Gasteiger partial charge in [0.15, 0.2) is 0 Å². The number of carbonyl (C=O) groups is 4. The van der Waals surface area contributed by atoms with E-state index in [1.54, 1.807) is 0 Å². The quantitative estimate of drug-likeness (QED) is 0.455. The Labute approximate surface area is 131 Å². The molecule has 0 saturated carbocycles. The third-order valence-corrected chi connectivity index (χ3v) is 2.60. The summed E-state index contributed by atoms with van der Waals surface area (Å²) in [5, 5.41) is 18.3. The van der Waals surface area contributed by atoms with Crippen LogP contribution in [0.2, 0.25) is 0 Å². The van der Waals surface area contributed by atoms with E-state index in [1.807, 2.05) is 0 Å². The Morgan fingerprint density at radius 1 is 1.00 bits per heavy atom. The van der Waals surface area contributed by atoms with E-state index in [0.29, 0.717) is 38.8 Å². The summed E-state index contributed by atoms with van der Waals surface area (Å²) in [6.45, 7) is 0.676. The zero-order chi connectivity index (χ0) is 13.7. The fourth-order valence-corrected chi connectivity index (χ4v) is 1.69.